The van der Waals surface area contributed by atoms with E-state index >= 15 is 0 Å². The Hall–Kier alpha value is -2.40. The molecule has 0 bridgehead atoms. The largest absolute Gasteiger partial charge is 0.361 e. The van der Waals surface area contributed by atoms with Gasteiger partial charge < -0.3 is 4.52 Å². The predicted molar refractivity (Wildman–Crippen MR) is 92.4 cm³/mol. The summed E-state index contributed by atoms with van der Waals surface area (Å²) < 4.78 is 5.27. The van der Waals surface area contributed by atoms with Crippen molar-refractivity contribution in [2.45, 2.75) is 39.3 Å². The monoisotopic (exact) mass is 322 g/mol. The first-order valence-electron chi connectivity index (χ1n) is 8.47. The Balaban J connectivity index is 1.57. The highest BCUT2D eigenvalue weighted by molar-refractivity contribution is 5.62. The van der Waals surface area contributed by atoms with Gasteiger partial charge in [-0.25, -0.2) is 0 Å². The zero-order valence-electron chi connectivity index (χ0n) is 14.1. The van der Waals surface area contributed by atoms with Gasteiger partial charge in [0.05, 0.1) is 17.9 Å². The molecule has 1 aliphatic heterocycles. The summed E-state index contributed by atoms with van der Waals surface area (Å²) in [5.74, 6) is 0.875. The molecule has 1 N–H and O–H groups in total. The summed E-state index contributed by atoms with van der Waals surface area (Å²) in [5.41, 5.74) is 5.83. The fourth-order valence-electron chi connectivity index (χ4n) is 3.51. The van der Waals surface area contributed by atoms with Gasteiger partial charge in [0, 0.05) is 18.2 Å². The number of hydrogen-bond acceptors (Lipinski definition) is 4. The molecule has 5 heteroatoms. The number of rotatable bonds is 4. The fourth-order valence-corrected chi connectivity index (χ4v) is 3.51. The lowest BCUT2D eigenvalue weighted by Gasteiger charge is -2.22. The molecule has 1 fully saturated rings. The first kappa shape index (κ1) is 15.1. The topological polar surface area (TPSA) is 58.0 Å². The van der Waals surface area contributed by atoms with Gasteiger partial charge in [0.1, 0.15) is 11.5 Å². The highest BCUT2D eigenvalue weighted by atomic mass is 16.5. The molecule has 24 heavy (non-hydrogen) atoms. The van der Waals surface area contributed by atoms with Crippen LogP contribution >= 0.6 is 0 Å². The van der Waals surface area contributed by atoms with Crippen LogP contribution in [0.5, 0.6) is 0 Å². The molecule has 0 saturated carbocycles. The molecule has 0 spiro atoms. The average Bonchev–Trinajstić information content (AvgIpc) is 3.30. The lowest BCUT2D eigenvalue weighted by molar-refractivity contribution is 0.237. The third kappa shape index (κ3) is 2.87. The Kier molecular flexibility index (Phi) is 3.94. The van der Waals surface area contributed by atoms with Gasteiger partial charge in [-0.05, 0) is 38.8 Å². The van der Waals surface area contributed by atoms with Gasteiger partial charge in [-0.15, -0.1) is 0 Å². The minimum Gasteiger partial charge on any atom is -0.361 e. The van der Waals surface area contributed by atoms with E-state index in [2.05, 4.69) is 57.5 Å². The van der Waals surface area contributed by atoms with Crippen LogP contribution < -0.4 is 0 Å². The number of benzene rings is 1. The van der Waals surface area contributed by atoms with E-state index in [0.29, 0.717) is 6.04 Å². The summed E-state index contributed by atoms with van der Waals surface area (Å²) in [5, 5.41) is 11.7. The molecule has 1 atom stereocenters. The standard InChI is InChI=1S/C19H22N4O/c1-13-5-7-15(8-6-13)19-16(11-20-21-19)12-23-9-3-4-18(23)17-10-14(2)24-22-17/h5-8,10-11,18H,3-4,9,12H2,1-2H3,(H,20,21)/t18-/m1/s1. The van der Waals surface area contributed by atoms with Crippen LogP contribution in [-0.4, -0.2) is 26.8 Å². The van der Waals surface area contributed by atoms with E-state index < -0.39 is 0 Å². The van der Waals surface area contributed by atoms with Crippen molar-refractivity contribution in [1.82, 2.24) is 20.3 Å². The zero-order valence-corrected chi connectivity index (χ0v) is 14.1. The second-order valence-electron chi connectivity index (χ2n) is 6.63. The Bertz CT molecular complexity index is 818. The van der Waals surface area contributed by atoms with Crippen molar-refractivity contribution in [3.63, 3.8) is 0 Å². The van der Waals surface area contributed by atoms with Crippen LogP contribution in [0.15, 0.2) is 41.1 Å². The maximum absolute atomic E-state index is 5.27. The van der Waals surface area contributed by atoms with Crippen molar-refractivity contribution in [2.24, 2.45) is 0 Å². The van der Waals surface area contributed by atoms with Crippen molar-refractivity contribution in [2.75, 3.05) is 6.54 Å². The van der Waals surface area contributed by atoms with Crippen molar-refractivity contribution in [3.05, 3.63) is 59.1 Å². The first-order chi connectivity index (χ1) is 11.7. The SMILES string of the molecule is Cc1ccc(-c2[nH]ncc2CN2CCC[C@@H]2c2cc(C)on2)cc1. The smallest absolute Gasteiger partial charge is 0.133 e. The van der Waals surface area contributed by atoms with E-state index in [0.717, 1.165) is 36.7 Å². The second kappa shape index (κ2) is 6.24. The van der Waals surface area contributed by atoms with Gasteiger partial charge in [-0.3, -0.25) is 10.00 Å². The molecule has 3 aromatic rings. The summed E-state index contributed by atoms with van der Waals surface area (Å²) in [6, 6.07) is 11.0. The summed E-state index contributed by atoms with van der Waals surface area (Å²) in [6.07, 6.45) is 4.26. The summed E-state index contributed by atoms with van der Waals surface area (Å²) in [7, 11) is 0. The summed E-state index contributed by atoms with van der Waals surface area (Å²) in [4.78, 5) is 2.47. The molecule has 1 aromatic carbocycles. The number of hydrogen-bond donors (Lipinski definition) is 1. The van der Waals surface area contributed by atoms with Crippen molar-refractivity contribution >= 4 is 0 Å². The molecular weight excluding hydrogens is 300 g/mol. The van der Waals surface area contributed by atoms with Crippen LogP contribution in [0.1, 0.15) is 41.5 Å². The zero-order chi connectivity index (χ0) is 16.5. The molecule has 3 heterocycles. The summed E-state index contributed by atoms with van der Waals surface area (Å²) >= 11 is 0. The number of H-pyrrole nitrogens is 1. The van der Waals surface area contributed by atoms with E-state index in [9.17, 15) is 0 Å². The number of nitrogens with one attached hydrogen (secondary N) is 1. The number of aromatic amines is 1. The lowest BCUT2D eigenvalue weighted by Crippen LogP contribution is -2.23. The van der Waals surface area contributed by atoms with Crippen molar-refractivity contribution in [1.29, 1.82) is 0 Å². The van der Waals surface area contributed by atoms with Crippen molar-refractivity contribution < 1.29 is 4.52 Å². The number of likely N-dealkylation sites (tertiary alicyclic amines) is 1. The normalized spacial score (nSPS) is 18.3. The predicted octanol–water partition coefficient (Wildman–Crippen LogP) is 4.02. The fraction of sp³-hybridized carbons (Fsp3) is 0.368. The van der Waals surface area contributed by atoms with Crippen LogP contribution in [0.3, 0.4) is 0 Å². The van der Waals surface area contributed by atoms with Crippen LogP contribution in [0.4, 0.5) is 0 Å². The minimum absolute atomic E-state index is 0.336. The summed E-state index contributed by atoms with van der Waals surface area (Å²) in [6.45, 7) is 6.00. The maximum atomic E-state index is 5.27. The molecule has 0 unspecified atom stereocenters. The molecule has 5 nitrogen and oxygen atoms in total. The molecule has 1 aliphatic rings. The second-order valence-corrected chi connectivity index (χ2v) is 6.63. The van der Waals surface area contributed by atoms with Gasteiger partial charge in [0.2, 0.25) is 0 Å². The van der Waals surface area contributed by atoms with Crippen LogP contribution in [0.25, 0.3) is 11.3 Å². The van der Waals surface area contributed by atoms with Gasteiger partial charge in [0.15, 0.2) is 0 Å². The highest BCUT2D eigenvalue weighted by Crippen LogP contribution is 2.34. The van der Waals surface area contributed by atoms with Crippen LogP contribution in [-0.2, 0) is 6.54 Å². The Labute approximate surface area is 141 Å². The maximum Gasteiger partial charge on any atom is 0.133 e. The van der Waals surface area contributed by atoms with Crippen LogP contribution in [0, 0.1) is 13.8 Å². The van der Waals surface area contributed by atoms with Gasteiger partial charge in [-0.1, -0.05) is 35.0 Å². The third-order valence-corrected chi connectivity index (χ3v) is 4.78. The first-order valence-corrected chi connectivity index (χ1v) is 8.47. The van der Waals surface area contributed by atoms with Gasteiger partial charge >= 0.3 is 0 Å². The van der Waals surface area contributed by atoms with Crippen LogP contribution in [0.2, 0.25) is 0 Å². The molecule has 2 aromatic heterocycles. The van der Waals surface area contributed by atoms with E-state index in [4.69, 9.17) is 4.52 Å². The number of aryl methyl sites for hydroxylation is 2. The Morgan fingerprint density at radius 2 is 2.08 bits per heavy atom. The van der Waals surface area contributed by atoms with E-state index in [1.165, 1.54) is 23.1 Å². The molecule has 1 saturated heterocycles. The lowest BCUT2D eigenvalue weighted by atomic mass is 10.1. The van der Waals surface area contributed by atoms with Crippen molar-refractivity contribution in [3.8, 4) is 11.3 Å². The van der Waals surface area contributed by atoms with E-state index in [1.54, 1.807) is 0 Å². The molecular formula is C19H22N4O. The molecule has 0 radical (unpaired) electrons. The minimum atomic E-state index is 0.336. The Morgan fingerprint density at radius 1 is 1.25 bits per heavy atom. The number of aromatic nitrogens is 3. The highest BCUT2D eigenvalue weighted by Gasteiger charge is 2.29. The molecule has 4 rings (SSSR count). The average molecular weight is 322 g/mol. The quantitative estimate of drug-likeness (QED) is 0.788. The van der Waals surface area contributed by atoms with Gasteiger partial charge in [-0.2, -0.15) is 5.10 Å². The molecule has 0 amide bonds. The van der Waals surface area contributed by atoms with E-state index in [1.807, 2.05) is 13.1 Å². The third-order valence-electron chi connectivity index (χ3n) is 4.78. The number of nitrogens with zero attached hydrogens (tertiary/aromatic N) is 3. The molecule has 124 valence electrons. The van der Waals surface area contributed by atoms with Gasteiger partial charge in [0.25, 0.3) is 0 Å². The van der Waals surface area contributed by atoms with E-state index in [-0.39, 0.29) is 0 Å². The Morgan fingerprint density at radius 3 is 2.83 bits per heavy atom. The molecule has 0 aliphatic carbocycles.